The second-order valence-electron chi connectivity index (χ2n) is 14.7. The Morgan fingerprint density at radius 2 is 1.06 bits per heavy atom. The molecule has 2 rings (SSSR count). The van der Waals surface area contributed by atoms with Crippen LogP contribution in [-0.2, 0) is 50.3 Å². The Morgan fingerprint density at radius 1 is 0.596 bits per heavy atom. The lowest BCUT2D eigenvalue weighted by Gasteiger charge is -2.52. The van der Waals surface area contributed by atoms with Crippen LogP contribution in [0.25, 0.3) is 0 Å². The summed E-state index contributed by atoms with van der Waals surface area (Å²) in [7, 11) is -25.1. The Balaban J connectivity index is 0.00000260. The molecular formula is C25H70O12Si10. The van der Waals surface area contributed by atoms with E-state index < -0.39 is 88.0 Å². The molecule has 0 aromatic heterocycles. The first-order valence-electron chi connectivity index (χ1n) is 17.5. The van der Waals surface area contributed by atoms with Crippen molar-refractivity contribution in [2.45, 2.75) is 144 Å². The molecule has 0 amide bonds. The lowest BCUT2D eigenvalue weighted by Crippen LogP contribution is -2.75. The van der Waals surface area contributed by atoms with Gasteiger partial charge in [-0.2, -0.15) is 0 Å². The molecule has 2 aliphatic rings. The van der Waals surface area contributed by atoms with Gasteiger partial charge in [0.1, 0.15) is 0 Å². The van der Waals surface area contributed by atoms with E-state index in [1.54, 1.807) is 7.11 Å². The monoisotopic (exact) mass is 842 g/mol. The van der Waals surface area contributed by atoms with Gasteiger partial charge in [-0.05, 0) is 71.9 Å². The summed E-state index contributed by atoms with van der Waals surface area (Å²) in [6.45, 7) is 34.7. The van der Waals surface area contributed by atoms with Crippen LogP contribution in [0.4, 0.5) is 0 Å². The van der Waals surface area contributed by atoms with E-state index >= 15 is 0 Å². The number of methoxy groups -OCH3 is 1. The summed E-state index contributed by atoms with van der Waals surface area (Å²) >= 11 is 0. The molecule has 0 aromatic carbocycles. The van der Waals surface area contributed by atoms with Gasteiger partial charge in [0.25, 0.3) is 10.0 Å². The van der Waals surface area contributed by atoms with Gasteiger partial charge in [0.2, 0.25) is 0 Å². The highest BCUT2D eigenvalue weighted by Gasteiger charge is 2.69. The van der Waals surface area contributed by atoms with Gasteiger partial charge in [0, 0.05) is 43.9 Å². The Labute approximate surface area is 300 Å². The van der Waals surface area contributed by atoms with E-state index in [0.29, 0.717) is 36.5 Å². The third-order valence-corrected chi connectivity index (χ3v) is 42.5. The average Bonchev–Trinajstić information content (AvgIpc) is 3.00. The molecule has 0 aliphatic carbocycles. The highest BCUT2D eigenvalue weighted by Crippen LogP contribution is 2.42. The van der Waals surface area contributed by atoms with Crippen LogP contribution < -0.4 is 0 Å². The molecule has 2 bridgehead atoms. The molecule has 0 N–H and O–H groups in total. The van der Waals surface area contributed by atoms with Crippen molar-refractivity contribution >= 4 is 88.0 Å². The van der Waals surface area contributed by atoms with Gasteiger partial charge < -0.3 is 50.3 Å². The van der Waals surface area contributed by atoms with Gasteiger partial charge in [-0.1, -0.05) is 41.5 Å². The van der Waals surface area contributed by atoms with Crippen LogP contribution in [0.15, 0.2) is 0 Å². The number of hydrogen-bond donors (Lipinski definition) is 0. The summed E-state index contributed by atoms with van der Waals surface area (Å²) in [5.41, 5.74) is 0. The molecule has 22 heteroatoms. The summed E-state index contributed by atoms with van der Waals surface area (Å²) in [5.74, 6) is 0. The molecule has 12 nitrogen and oxygen atoms in total. The minimum atomic E-state index is -3.63. The van der Waals surface area contributed by atoms with E-state index in [2.05, 4.69) is 105 Å². The van der Waals surface area contributed by atoms with Crippen LogP contribution >= 0.6 is 0 Å². The Hall–Kier alpha value is 1.69. The minimum absolute atomic E-state index is 0.467. The van der Waals surface area contributed by atoms with Crippen LogP contribution in [0, 0.1) is 0 Å². The van der Waals surface area contributed by atoms with Crippen molar-refractivity contribution in [3.8, 4) is 0 Å². The Bertz CT molecular complexity index is 927. The van der Waals surface area contributed by atoms with Crippen LogP contribution in [0.3, 0.4) is 0 Å². The fourth-order valence-corrected chi connectivity index (χ4v) is 46.2. The minimum Gasteiger partial charge on any atom is -0.441 e. The summed E-state index contributed by atoms with van der Waals surface area (Å²) in [5, 5.41) is 0. The predicted octanol–water partition coefficient (Wildman–Crippen LogP) is 6.43. The molecule has 2 saturated heterocycles. The third kappa shape index (κ3) is 15.3. The van der Waals surface area contributed by atoms with Gasteiger partial charge in [-0.25, -0.2) is 0 Å². The van der Waals surface area contributed by atoms with E-state index in [1.807, 2.05) is 6.92 Å². The Kier molecular flexibility index (Phi) is 19.0. The maximum Gasteiger partial charge on any atom is 0.482 e. The molecule has 0 radical (unpaired) electrons. The molecular weight excluding hydrogens is 773 g/mol. The zero-order chi connectivity index (χ0) is 36.4. The highest BCUT2D eigenvalue weighted by atomic mass is 28.6. The van der Waals surface area contributed by atoms with E-state index in [-0.39, 0.29) is 0 Å². The number of ether oxygens (including phenoxy) is 1. The summed E-state index contributed by atoms with van der Waals surface area (Å²) < 4.78 is 81.6. The van der Waals surface area contributed by atoms with Gasteiger partial charge in [0.15, 0.2) is 34.0 Å². The van der Waals surface area contributed by atoms with Crippen LogP contribution in [0.1, 0.15) is 48.5 Å². The summed E-state index contributed by atoms with van der Waals surface area (Å²) in [4.78, 5) is 0. The smallest absolute Gasteiger partial charge is 0.441 e. The average molecular weight is 844 g/mol. The van der Waals surface area contributed by atoms with Crippen molar-refractivity contribution < 1.29 is 50.3 Å². The molecule has 2 aliphatic heterocycles. The SMILES string of the molecule is CCOC.CC[SiH]1CO[Si](CC)(O[Si](C)(C)C)O[Si]2(CC)O[Si](CC)(O1)O[Si](CC)(O[SiH2]O[Si](C)(C)C)O[Si](CC)(O[Si](C)(C)C)O2. The lowest BCUT2D eigenvalue weighted by atomic mass is 10.9. The maximum absolute atomic E-state index is 7.32. The van der Waals surface area contributed by atoms with E-state index in [0.717, 1.165) is 12.7 Å². The largest absolute Gasteiger partial charge is 0.482 e. The third-order valence-electron chi connectivity index (χ3n) is 6.99. The molecule has 6 unspecified atom stereocenters. The maximum atomic E-state index is 7.32. The van der Waals surface area contributed by atoms with Crippen molar-refractivity contribution in [1.29, 1.82) is 0 Å². The quantitative estimate of drug-likeness (QED) is 0.170. The standard InChI is InChI=1S/C22H62O11Si10.C3H8O/c1-16-35-22-23-39(17-2,27-37(10,11)12)29-43(21-6)32-41(19-4,26-35)30-40(18-3,25-34-24-36(7,8)9)31-42(20-5,33-43)28-38(13,14)15;1-3-4-2/h35H,16-22,34H2,1-15H3;3H2,1-2H3. The van der Waals surface area contributed by atoms with Gasteiger partial charge in [0.05, 0.1) is 6.23 Å². The van der Waals surface area contributed by atoms with Gasteiger partial charge >= 0.3 is 44.0 Å². The highest BCUT2D eigenvalue weighted by molar-refractivity contribution is 6.95. The first kappa shape index (κ1) is 46.7. The van der Waals surface area contributed by atoms with E-state index in [4.69, 9.17) is 45.6 Å². The zero-order valence-electron chi connectivity index (χ0n) is 32.8. The Morgan fingerprint density at radius 3 is 1.47 bits per heavy atom. The molecule has 282 valence electrons. The zero-order valence-corrected chi connectivity index (χ0v) is 43.4. The molecule has 0 spiro atoms. The fourth-order valence-electron chi connectivity index (χ4n) is 4.63. The van der Waals surface area contributed by atoms with Crippen molar-refractivity contribution in [2.75, 3.05) is 19.9 Å². The van der Waals surface area contributed by atoms with Crippen molar-refractivity contribution in [2.24, 2.45) is 0 Å². The summed E-state index contributed by atoms with van der Waals surface area (Å²) in [6.07, 6.45) is 0.467. The van der Waals surface area contributed by atoms with Crippen molar-refractivity contribution in [3.05, 3.63) is 0 Å². The number of rotatable bonds is 15. The van der Waals surface area contributed by atoms with Crippen molar-refractivity contribution in [3.63, 3.8) is 0 Å². The molecule has 2 fully saturated rings. The van der Waals surface area contributed by atoms with Crippen LogP contribution in [0.5, 0.6) is 0 Å². The summed E-state index contributed by atoms with van der Waals surface area (Å²) in [6, 6.07) is 3.56. The lowest BCUT2D eigenvalue weighted by molar-refractivity contribution is 0.0697. The molecule has 6 atom stereocenters. The second-order valence-corrected chi connectivity index (χ2v) is 49.6. The van der Waals surface area contributed by atoms with Gasteiger partial charge in [-0.3, -0.25) is 0 Å². The molecule has 2 heterocycles. The van der Waals surface area contributed by atoms with E-state index in [1.165, 1.54) is 0 Å². The fraction of sp³-hybridized carbons (Fsp3) is 1.00. The molecule has 0 aromatic rings. The molecule has 47 heavy (non-hydrogen) atoms. The van der Waals surface area contributed by atoms with Crippen LogP contribution in [0.2, 0.25) is 95.2 Å². The first-order valence-corrected chi connectivity index (χ1v) is 40.6. The topological polar surface area (TPSA) is 111 Å². The normalized spacial score (nSPS) is 34.5. The van der Waals surface area contributed by atoms with Crippen LogP contribution in [-0.4, -0.2) is 108 Å². The van der Waals surface area contributed by atoms with Gasteiger partial charge in [-0.15, -0.1) is 0 Å². The second kappa shape index (κ2) is 19.1. The first-order chi connectivity index (χ1) is 21.5. The molecule has 0 saturated carbocycles. The predicted molar refractivity (Wildman–Crippen MR) is 212 cm³/mol. The number of fused-ring (bicyclic) bond motifs is 2. The number of hydrogen-bond acceptors (Lipinski definition) is 12. The van der Waals surface area contributed by atoms with Crippen molar-refractivity contribution in [1.82, 2.24) is 0 Å². The van der Waals surface area contributed by atoms with E-state index in [9.17, 15) is 0 Å².